The zero-order chi connectivity index (χ0) is 27.4. The lowest BCUT2D eigenvalue weighted by Gasteiger charge is -2.34. The van der Waals surface area contributed by atoms with E-state index in [2.05, 4.69) is 12.2 Å². The predicted molar refractivity (Wildman–Crippen MR) is 148 cm³/mol. The molecule has 1 aliphatic heterocycles. The van der Waals surface area contributed by atoms with E-state index in [1.165, 1.54) is 0 Å². The molecule has 0 unspecified atom stereocenters. The van der Waals surface area contributed by atoms with Crippen LogP contribution in [-0.2, 0) is 19.1 Å². The molecule has 0 spiro atoms. The van der Waals surface area contributed by atoms with E-state index in [1.54, 1.807) is 11.8 Å². The molecular weight excluding hydrogens is 480 g/mol. The number of aliphatic hydroxyl groups is 1. The van der Waals surface area contributed by atoms with Crippen molar-refractivity contribution in [1.29, 1.82) is 0 Å². The molecule has 7 nitrogen and oxygen atoms in total. The Labute approximate surface area is 225 Å². The number of carbonyl (C=O) groups is 3. The van der Waals surface area contributed by atoms with Crippen LogP contribution in [0.25, 0.3) is 10.8 Å². The highest BCUT2D eigenvalue weighted by Gasteiger charge is 2.58. The van der Waals surface area contributed by atoms with E-state index in [9.17, 15) is 19.5 Å². The van der Waals surface area contributed by atoms with E-state index in [4.69, 9.17) is 4.74 Å². The van der Waals surface area contributed by atoms with Crippen LogP contribution in [0.5, 0.6) is 0 Å². The Kier molecular flexibility index (Phi) is 8.87. The molecular formula is C31H40N2O5. The number of benzene rings is 2. The number of nitrogens with one attached hydrogen (secondary N) is 1. The van der Waals surface area contributed by atoms with E-state index >= 15 is 0 Å². The fraction of sp³-hybridized carbons (Fsp3) is 0.516. The van der Waals surface area contributed by atoms with Gasteiger partial charge in [-0.15, -0.1) is 0 Å². The number of hydrogen-bond acceptors (Lipinski definition) is 5. The standard InChI is InChI=1S/C31H40N2O5/c1-5-9-21-13-15-25-27(26(21)31(37)38-6-2)30(36)33(24(18-34)16-19(3)4)28(25)29(35)32-23-14-12-20-10-7-8-11-22(20)17-23/h7-8,10-15,17,19,21,24-28,34H,5-6,9,16,18H2,1-4H3,(H,32,35)/t21-,24-,25+,26-,27+,28+/m1/s1. The number of hydrogen-bond donors (Lipinski definition) is 2. The molecule has 1 saturated heterocycles. The summed E-state index contributed by atoms with van der Waals surface area (Å²) in [4.78, 5) is 42.8. The first-order chi connectivity index (χ1) is 18.3. The van der Waals surface area contributed by atoms with Gasteiger partial charge in [-0.05, 0) is 54.5 Å². The van der Waals surface area contributed by atoms with Gasteiger partial charge in [0, 0.05) is 11.6 Å². The van der Waals surface area contributed by atoms with Crippen LogP contribution >= 0.6 is 0 Å². The topological polar surface area (TPSA) is 95.9 Å². The summed E-state index contributed by atoms with van der Waals surface area (Å²) >= 11 is 0. The quantitative estimate of drug-likeness (QED) is 0.347. The van der Waals surface area contributed by atoms with Crippen LogP contribution in [0.2, 0.25) is 0 Å². The Balaban J connectivity index is 1.74. The summed E-state index contributed by atoms with van der Waals surface area (Å²) < 4.78 is 5.44. The minimum absolute atomic E-state index is 0.133. The summed E-state index contributed by atoms with van der Waals surface area (Å²) in [5.41, 5.74) is 0.638. The van der Waals surface area contributed by atoms with Gasteiger partial charge in [0.15, 0.2) is 0 Å². The average Bonchev–Trinajstić information content (AvgIpc) is 3.19. The number of anilines is 1. The monoisotopic (exact) mass is 520 g/mol. The lowest BCUT2D eigenvalue weighted by molar-refractivity contribution is -0.156. The third kappa shape index (κ3) is 5.48. The number of esters is 1. The number of likely N-dealkylation sites (tertiary alicyclic amines) is 1. The number of fused-ring (bicyclic) bond motifs is 2. The van der Waals surface area contributed by atoms with E-state index in [1.807, 2.05) is 68.5 Å². The second kappa shape index (κ2) is 12.1. The second-order valence-electron chi connectivity index (χ2n) is 10.9. The van der Waals surface area contributed by atoms with E-state index in [0.29, 0.717) is 12.1 Å². The van der Waals surface area contributed by atoms with Crippen molar-refractivity contribution in [1.82, 2.24) is 4.90 Å². The third-order valence-electron chi connectivity index (χ3n) is 7.86. The van der Waals surface area contributed by atoms with Gasteiger partial charge in [0.25, 0.3) is 0 Å². The van der Waals surface area contributed by atoms with Crippen LogP contribution < -0.4 is 5.32 Å². The first kappa shape index (κ1) is 27.8. The maximum atomic E-state index is 14.1. The van der Waals surface area contributed by atoms with Gasteiger partial charge in [-0.2, -0.15) is 0 Å². The minimum Gasteiger partial charge on any atom is -0.466 e. The summed E-state index contributed by atoms with van der Waals surface area (Å²) in [5, 5.41) is 15.5. The lowest BCUT2D eigenvalue weighted by Crippen LogP contribution is -2.51. The van der Waals surface area contributed by atoms with Crippen LogP contribution in [0.15, 0.2) is 54.6 Å². The summed E-state index contributed by atoms with van der Waals surface area (Å²) in [6.45, 7) is 7.84. The van der Waals surface area contributed by atoms with Crippen LogP contribution in [-0.4, -0.2) is 53.1 Å². The molecule has 2 amide bonds. The van der Waals surface area contributed by atoms with Crippen molar-refractivity contribution >= 4 is 34.2 Å². The second-order valence-corrected chi connectivity index (χ2v) is 10.9. The molecule has 4 rings (SSSR count). The average molecular weight is 521 g/mol. The normalized spacial score (nSPS) is 25.5. The van der Waals surface area contributed by atoms with Crippen molar-refractivity contribution < 1.29 is 24.2 Å². The zero-order valence-corrected chi connectivity index (χ0v) is 22.8. The van der Waals surface area contributed by atoms with Gasteiger partial charge >= 0.3 is 5.97 Å². The molecule has 1 aliphatic carbocycles. The zero-order valence-electron chi connectivity index (χ0n) is 22.8. The minimum atomic E-state index is -0.842. The summed E-state index contributed by atoms with van der Waals surface area (Å²) in [7, 11) is 0. The first-order valence-corrected chi connectivity index (χ1v) is 13.9. The molecule has 2 aliphatic rings. The Morgan fingerprint density at radius 1 is 1.08 bits per heavy atom. The van der Waals surface area contributed by atoms with Crippen molar-refractivity contribution in [2.45, 2.75) is 59.0 Å². The number of nitrogens with zero attached hydrogens (tertiary/aromatic N) is 1. The Hall–Kier alpha value is -3.19. The van der Waals surface area contributed by atoms with Crippen LogP contribution in [0.1, 0.15) is 47.0 Å². The van der Waals surface area contributed by atoms with Gasteiger partial charge in [0.2, 0.25) is 11.8 Å². The number of allylic oxidation sites excluding steroid dienone is 1. The molecule has 38 heavy (non-hydrogen) atoms. The third-order valence-corrected chi connectivity index (χ3v) is 7.86. The maximum absolute atomic E-state index is 14.1. The van der Waals surface area contributed by atoms with Gasteiger partial charge in [-0.3, -0.25) is 14.4 Å². The molecule has 0 radical (unpaired) electrons. The number of ether oxygens (including phenoxy) is 1. The number of carbonyl (C=O) groups excluding carboxylic acids is 3. The van der Waals surface area contributed by atoms with Crippen molar-refractivity contribution in [2.24, 2.45) is 29.6 Å². The van der Waals surface area contributed by atoms with Gasteiger partial charge in [0.05, 0.1) is 31.1 Å². The van der Waals surface area contributed by atoms with Crippen LogP contribution in [0.3, 0.4) is 0 Å². The molecule has 204 valence electrons. The van der Waals surface area contributed by atoms with E-state index in [0.717, 1.165) is 23.6 Å². The highest BCUT2D eigenvalue weighted by atomic mass is 16.5. The van der Waals surface area contributed by atoms with Crippen molar-refractivity contribution in [3.8, 4) is 0 Å². The van der Waals surface area contributed by atoms with Crippen LogP contribution in [0, 0.1) is 29.6 Å². The van der Waals surface area contributed by atoms with Crippen LogP contribution in [0.4, 0.5) is 5.69 Å². The summed E-state index contributed by atoms with van der Waals surface area (Å²) in [5.74, 6) is -2.74. The molecule has 2 N–H and O–H groups in total. The van der Waals surface area contributed by atoms with Gasteiger partial charge in [0.1, 0.15) is 6.04 Å². The molecule has 6 atom stereocenters. The highest BCUT2D eigenvalue weighted by Crippen LogP contribution is 2.47. The first-order valence-electron chi connectivity index (χ1n) is 13.9. The molecule has 7 heteroatoms. The summed E-state index contributed by atoms with van der Waals surface area (Å²) in [6, 6.07) is 12.3. The number of rotatable bonds is 10. The molecule has 0 saturated carbocycles. The fourth-order valence-electron chi connectivity index (χ4n) is 6.31. The largest absolute Gasteiger partial charge is 0.466 e. The summed E-state index contributed by atoms with van der Waals surface area (Å²) in [6.07, 6.45) is 6.11. The van der Waals surface area contributed by atoms with E-state index in [-0.39, 0.29) is 36.9 Å². The molecule has 2 aromatic rings. The SMILES string of the molecule is CCC[C@@H]1C=C[C@H]2[C@H](C(=O)N([C@@H](CO)CC(C)C)[C@@H]2C(=O)Nc2ccc3ccccc3c2)[C@@H]1C(=O)OCC. The Morgan fingerprint density at radius 2 is 1.82 bits per heavy atom. The van der Waals surface area contributed by atoms with Crippen molar-refractivity contribution in [3.63, 3.8) is 0 Å². The van der Waals surface area contributed by atoms with Gasteiger partial charge in [-0.1, -0.05) is 69.7 Å². The van der Waals surface area contributed by atoms with E-state index < -0.39 is 35.8 Å². The fourth-order valence-corrected chi connectivity index (χ4v) is 6.31. The highest BCUT2D eigenvalue weighted by molar-refractivity contribution is 6.02. The number of aliphatic hydroxyl groups excluding tert-OH is 1. The Morgan fingerprint density at radius 3 is 2.47 bits per heavy atom. The van der Waals surface area contributed by atoms with Gasteiger partial charge in [-0.25, -0.2) is 0 Å². The lowest BCUT2D eigenvalue weighted by atomic mass is 9.69. The molecule has 0 aromatic heterocycles. The molecule has 2 aromatic carbocycles. The number of amides is 2. The molecule has 0 bridgehead atoms. The van der Waals surface area contributed by atoms with Crippen molar-refractivity contribution in [3.05, 3.63) is 54.6 Å². The van der Waals surface area contributed by atoms with Gasteiger partial charge < -0.3 is 20.1 Å². The maximum Gasteiger partial charge on any atom is 0.310 e. The predicted octanol–water partition coefficient (Wildman–Crippen LogP) is 4.79. The smallest absolute Gasteiger partial charge is 0.310 e. The Bertz CT molecular complexity index is 1190. The molecule has 1 fully saturated rings. The van der Waals surface area contributed by atoms with Crippen molar-refractivity contribution in [2.75, 3.05) is 18.5 Å². The molecule has 1 heterocycles.